The van der Waals surface area contributed by atoms with Crippen molar-refractivity contribution in [2.24, 2.45) is 0 Å². The number of carbonyl (C=O) groups is 2. The second kappa shape index (κ2) is 5.01. The molecule has 0 saturated carbocycles. The minimum atomic E-state index is -0.575. The molecule has 1 heterocycles. The van der Waals surface area contributed by atoms with Crippen molar-refractivity contribution in [3.8, 4) is 5.75 Å². The van der Waals surface area contributed by atoms with Crippen molar-refractivity contribution in [1.29, 1.82) is 0 Å². The number of carbonyl (C=O) groups excluding carboxylic acids is 2. The van der Waals surface area contributed by atoms with Crippen LogP contribution in [0.2, 0.25) is 0 Å². The molecular formula is C16H14O5. The van der Waals surface area contributed by atoms with Crippen LogP contribution in [-0.4, -0.2) is 16.7 Å². The zero-order valence-electron chi connectivity index (χ0n) is 11.9. The first-order valence-corrected chi connectivity index (χ1v) is 6.27. The molecule has 1 aromatic carbocycles. The molecule has 0 aliphatic heterocycles. The Balaban J connectivity index is 3.11. The molecule has 0 bridgehead atoms. The molecule has 0 aliphatic rings. The summed E-state index contributed by atoms with van der Waals surface area (Å²) in [7, 11) is 0. The first-order chi connectivity index (χ1) is 9.79. The standard InChI is InChI=1S/C16H14O5/c1-5-12(18)10-6-11-14(19)7(2)9(4)21-16(11)13(8(3)17)15(10)20/h5-6,20H,1H2,2-4H3. The number of fused-ring (bicyclic) bond motifs is 1. The number of allylic oxidation sites excluding steroid dienone is 1. The SMILES string of the molecule is C=CC(=O)c1cc2c(=O)c(C)c(C)oc2c(C(C)=O)c1O. The lowest BCUT2D eigenvalue weighted by Gasteiger charge is -2.10. The van der Waals surface area contributed by atoms with E-state index in [1.807, 2.05) is 0 Å². The fourth-order valence-electron chi connectivity index (χ4n) is 2.15. The monoisotopic (exact) mass is 286 g/mol. The largest absolute Gasteiger partial charge is 0.506 e. The smallest absolute Gasteiger partial charge is 0.195 e. The van der Waals surface area contributed by atoms with Gasteiger partial charge in [0.05, 0.1) is 10.9 Å². The van der Waals surface area contributed by atoms with Crippen LogP contribution >= 0.6 is 0 Å². The van der Waals surface area contributed by atoms with E-state index in [-0.39, 0.29) is 27.5 Å². The highest BCUT2D eigenvalue weighted by Gasteiger charge is 2.23. The van der Waals surface area contributed by atoms with Crippen LogP contribution in [0.25, 0.3) is 11.0 Å². The van der Waals surface area contributed by atoms with Crippen molar-refractivity contribution in [3.63, 3.8) is 0 Å². The molecule has 0 radical (unpaired) electrons. The molecule has 0 amide bonds. The van der Waals surface area contributed by atoms with E-state index < -0.39 is 17.3 Å². The van der Waals surface area contributed by atoms with Gasteiger partial charge in [0.1, 0.15) is 17.1 Å². The lowest BCUT2D eigenvalue weighted by atomic mass is 9.98. The van der Waals surface area contributed by atoms with Gasteiger partial charge >= 0.3 is 0 Å². The summed E-state index contributed by atoms with van der Waals surface area (Å²) in [5, 5.41) is 10.2. The van der Waals surface area contributed by atoms with Crippen LogP contribution in [0.1, 0.15) is 39.0 Å². The van der Waals surface area contributed by atoms with Crippen molar-refractivity contribution in [2.75, 3.05) is 0 Å². The highest BCUT2D eigenvalue weighted by atomic mass is 16.3. The Morgan fingerprint density at radius 3 is 2.48 bits per heavy atom. The summed E-state index contributed by atoms with van der Waals surface area (Å²) in [5.74, 6) is -1.21. The molecule has 21 heavy (non-hydrogen) atoms. The van der Waals surface area contributed by atoms with Crippen LogP contribution in [-0.2, 0) is 0 Å². The molecule has 1 aromatic heterocycles. The van der Waals surface area contributed by atoms with Gasteiger partial charge in [-0.2, -0.15) is 0 Å². The molecule has 0 spiro atoms. The summed E-state index contributed by atoms with van der Waals surface area (Å²) in [4.78, 5) is 35.9. The van der Waals surface area contributed by atoms with Gasteiger partial charge in [0, 0.05) is 5.56 Å². The van der Waals surface area contributed by atoms with Crippen LogP contribution in [0.5, 0.6) is 5.75 Å². The van der Waals surface area contributed by atoms with Crippen molar-refractivity contribution >= 4 is 22.5 Å². The van der Waals surface area contributed by atoms with Crippen LogP contribution in [0.4, 0.5) is 0 Å². The summed E-state index contributed by atoms with van der Waals surface area (Å²) in [6.45, 7) is 7.76. The first-order valence-electron chi connectivity index (χ1n) is 6.27. The van der Waals surface area contributed by atoms with E-state index in [1.165, 1.54) is 13.0 Å². The van der Waals surface area contributed by atoms with E-state index in [1.54, 1.807) is 13.8 Å². The molecular weight excluding hydrogens is 272 g/mol. The minimum absolute atomic E-state index is 0.00582. The van der Waals surface area contributed by atoms with Gasteiger partial charge < -0.3 is 9.52 Å². The molecule has 0 fully saturated rings. The predicted molar refractivity (Wildman–Crippen MR) is 78.2 cm³/mol. The molecule has 0 atom stereocenters. The molecule has 0 unspecified atom stereocenters. The van der Waals surface area contributed by atoms with Crippen LogP contribution in [0.3, 0.4) is 0 Å². The molecule has 2 rings (SSSR count). The molecule has 5 nitrogen and oxygen atoms in total. The number of phenols is 1. The van der Waals surface area contributed by atoms with E-state index in [4.69, 9.17) is 4.42 Å². The van der Waals surface area contributed by atoms with Crippen molar-refractivity contribution < 1.29 is 19.1 Å². The van der Waals surface area contributed by atoms with Gasteiger partial charge in [-0.05, 0) is 32.9 Å². The Labute approximate surface area is 120 Å². The number of phenolic OH excluding ortho intramolecular Hbond substituents is 1. The Morgan fingerprint density at radius 2 is 1.95 bits per heavy atom. The number of ketones is 2. The Hall–Kier alpha value is -2.69. The van der Waals surface area contributed by atoms with E-state index in [0.717, 1.165) is 6.08 Å². The maximum atomic E-state index is 12.3. The number of aromatic hydroxyl groups is 1. The maximum Gasteiger partial charge on any atom is 0.195 e. The van der Waals surface area contributed by atoms with Crippen molar-refractivity contribution in [3.05, 3.63) is 51.4 Å². The van der Waals surface area contributed by atoms with E-state index in [9.17, 15) is 19.5 Å². The summed E-state index contributed by atoms with van der Waals surface area (Å²) in [6, 6.07) is 1.24. The lowest BCUT2D eigenvalue weighted by Crippen LogP contribution is -2.11. The minimum Gasteiger partial charge on any atom is -0.506 e. The zero-order chi connectivity index (χ0) is 15.9. The number of Topliss-reactive ketones (excluding diaryl/α,β-unsaturated/α-hetero) is 1. The Morgan fingerprint density at radius 1 is 1.33 bits per heavy atom. The number of hydrogen-bond donors (Lipinski definition) is 1. The van der Waals surface area contributed by atoms with Gasteiger partial charge in [0.15, 0.2) is 22.6 Å². The third kappa shape index (κ3) is 2.16. The van der Waals surface area contributed by atoms with E-state index >= 15 is 0 Å². The van der Waals surface area contributed by atoms with Crippen molar-refractivity contribution in [2.45, 2.75) is 20.8 Å². The molecule has 0 aliphatic carbocycles. The Kier molecular flexibility index (Phi) is 3.51. The molecule has 0 saturated heterocycles. The van der Waals surface area contributed by atoms with Gasteiger partial charge in [-0.25, -0.2) is 0 Å². The van der Waals surface area contributed by atoms with E-state index in [2.05, 4.69) is 6.58 Å². The summed E-state index contributed by atoms with van der Waals surface area (Å²) < 4.78 is 5.50. The lowest BCUT2D eigenvalue weighted by molar-refractivity contribution is 0.101. The van der Waals surface area contributed by atoms with Crippen LogP contribution in [0.15, 0.2) is 27.9 Å². The number of rotatable bonds is 3. The van der Waals surface area contributed by atoms with Gasteiger partial charge in [-0.1, -0.05) is 6.58 Å². The number of aryl methyl sites for hydroxylation is 1. The van der Waals surface area contributed by atoms with Crippen molar-refractivity contribution in [1.82, 2.24) is 0 Å². The number of hydrogen-bond acceptors (Lipinski definition) is 5. The highest BCUT2D eigenvalue weighted by molar-refractivity contribution is 6.15. The molecule has 1 N–H and O–H groups in total. The van der Waals surface area contributed by atoms with Crippen LogP contribution < -0.4 is 5.43 Å². The van der Waals surface area contributed by atoms with Gasteiger partial charge in [-0.3, -0.25) is 14.4 Å². The summed E-state index contributed by atoms with van der Waals surface area (Å²) in [6.07, 6.45) is 1.01. The zero-order valence-corrected chi connectivity index (χ0v) is 11.9. The fraction of sp³-hybridized carbons (Fsp3) is 0.188. The van der Waals surface area contributed by atoms with Gasteiger partial charge in [0.2, 0.25) is 0 Å². The first kappa shape index (κ1) is 14.7. The average Bonchev–Trinajstić information content (AvgIpc) is 2.43. The molecule has 108 valence electrons. The predicted octanol–water partition coefficient (Wildman–Crippen LogP) is 2.69. The Bertz CT molecular complexity index is 855. The topological polar surface area (TPSA) is 84.6 Å². The van der Waals surface area contributed by atoms with E-state index in [0.29, 0.717) is 11.3 Å². The summed E-state index contributed by atoms with van der Waals surface area (Å²) in [5.41, 5.74) is -0.265. The third-order valence-corrected chi connectivity index (χ3v) is 3.42. The third-order valence-electron chi connectivity index (χ3n) is 3.42. The summed E-state index contributed by atoms with van der Waals surface area (Å²) >= 11 is 0. The highest BCUT2D eigenvalue weighted by Crippen LogP contribution is 2.32. The fourth-order valence-corrected chi connectivity index (χ4v) is 2.15. The normalized spacial score (nSPS) is 10.6. The quantitative estimate of drug-likeness (QED) is 0.692. The molecule has 5 heteroatoms. The van der Waals surface area contributed by atoms with Gasteiger partial charge in [0.25, 0.3) is 0 Å². The molecule has 2 aromatic rings. The van der Waals surface area contributed by atoms with Gasteiger partial charge in [-0.15, -0.1) is 0 Å². The average molecular weight is 286 g/mol. The maximum absolute atomic E-state index is 12.3. The second-order valence-corrected chi connectivity index (χ2v) is 4.76. The van der Waals surface area contributed by atoms with Crippen LogP contribution in [0, 0.1) is 13.8 Å². The second-order valence-electron chi connectivity index (χ2n) is 4.76. The number of benzene rings is 1.